The second-order valence-electron chi connectivity index (χ2n) is 5.99. The van der Waals surface area contributed by atoms with Crippen molar-refractivity contribution < 1.29 is 14.0 Å². The van der Waals surface area contributed by atoms with Gasteiger partial charge in [-0.25, -0.2) is 0 Å². The van der Waals surface area contributed by atoms with E-state index < -0.39 is 22.6 Å². The largest absolute Gasteiger partial charge is 0.481 e. The Balaban J connectivity index is 2.63. The molecule has 0 saturated heterocycles. The third-order valence-electron chi connectivity index (χ3n) is 3.17. The Labute approximate surface area is 117 Å². The molecule has 0 spiro atoms. The van der Waals surface area contributed by atoms with Crippen molar-refractivity contribution in [1.82, 2.24) is 0 Å². The Bertz CT molecular complexity index is 416. The maximum atomic E-state index is 10.6. The Morgan fingerprint density at radius 1 is 1.16 bits per heavy atom. The van der Waals surface area contributed by atoms with Gasteiger partial charge in [-0.1, -0.05) is 30.3 Å². The molecule has 3 nitrogen and oxygen atoms in total. The van der Waals surface area contributed by atoms with Gasteiger partial charge in [-0.15, -0.1) is 0 Å². The number of carboxylic acids is 1. The van der Waals surface area contributed by atoms with Crippen molar-refractivity contribution in [2.75, 3.05) is 0 Å². The van der Waals surface area contributed by atoms with Crippen molar-refractivity contribution in [2.24, 2.45) is 0 Å². The summed E-state index contributed by atoms with van der Waals surface area (Å²) in [6.45, 7) is 8.81. The molecule has 0 amide bonds. The van der Waals surface area contributed by atoms with E-state index in [9.17, 15) is 4.79 Å². The minimum atomic E-state index is -1.88. The summed E-state index contributed by atoms with van der Waals surface area (Å²) < 4.78 is 6.48. The summed E-state index contributed by atoms with van der Waals surface area (Å²) in [5.74, 6) is -0.718. The van der Waals surface area contributed by atoms with Crippen LogP contribution in [-0.4, -0.2) is 27.7 Å². The van der Waals surface area contributed by atoms with E-state index >= 15 is 0 Å². The minimum Gasteiger partial charge on any atom is -0.481 e. The van der Waals surface area contributed by atoms with Crippen LogP contribution < -0.4 is 5.19 Å². The number of carboxylic acid groups (broad SMARTS) is 1. The quantitative estimate of drug-likeness (QED) is 0.786. The SMILES string of the molecule is C[Si](C)(CCCC(=O)O)O[Si](C)(C)c1ccccc1. The smallest absolute Gasteiger partial charge is 0.303 e. The Kier molecular flexibility index (Phi) is 5.52. The predicted molar refractivity (Wildman–Crippen MR) is 83.8 cm³/mol. The van der Waals surface area contributed by atoms with E-state index in [0.717, 1.165) is 6.04 Å². The van der Waals surface area contributed by atoms with Crippen LogP contribution >= 0.6 is 0 Å². The molecule has 0 aliphatic carbocycles. The van der Waals surface area contributed by atoms with Crippen molar-refractivity contribution in [2.45, 2.75) is 45.1 Å². The first-order valence-electron chi connectivity index (χ1n) is 6.70. The molecular weight excluding hydrogens is 272 g/mol. The van der Waals surface area contributed by atoms with Gasteiger partial charge < -0.3 is 9.22 Å². The van der Waals surface area contributed by atoms with E-state index in [1.165, 1.54) is 5.19 Å². The lowest BCUT2D eigenvalue weighted by Crippen LogP contribution is -2.52. The van der Waals surface area contributed by atoms with Crippen LogP contribution in [0.4, 0.5) is 0 Å². The number of aliphatic carboxylic acids is 1. The Morgan fingerprint density at radius 3 is 2.26 bits per heavy atom. The lowest BCUT2D eigenvalue weighted by molar-refractivity contribution is -0.137. The van der Waals surface area contributed by atoms with E-state index in [2.05, 4.69) is 38.3 Å². The normalized spacial score (nSPS) is 12.4. The summed E-state index contributed by atoms with van der Waals surface area (Å²) in [6, 6.07) is 11.3. The van der Waals surface area contributed by atoms with Gasteiger partial charge in [0, 0.05) is 6.42 Å². The van der Waals surface area contributed by atoms with E-state index in [4.69, 9.17) is 9.22 Å². The van der Waals surface area contributed by atoms with Gasteiger partial charge in [0.05, 0.1) is 0 Å². The molecule has 5 heteroatoms. The average Bonchev–Trinajstić information content (AvgIpc) is 2.28. The molecule has 0 heterocycles. The van der Waals surface area contributed by atoms with Gasteiger partial charge in [0.1, 0.15) is 0 Å². The van der Waals surface area contributed by atoms with E-state index in [-0.39, 0.29) is 6.42 Å². The van der Waals surface area contributed by atoms with Crippen molar-refractivity contribution in [3.8, 4) is 0 Å². The fourth-order valence-electron chi connectivity index (χ4n) is 2.31. The maximum absolute atomic E-state index is 10.6. The van der Waals surface area contributed by atoms with Crippen LogP contribution in [0, 0.1) is 0 Å². The van der Waals surface area contributed by atoms with E-state index in [0.29, 0.717) is 6.42 Å². The molecule has 0 unspecified atom stereocenters. The fourth-order valence-corrected chi connectivity index (χ4v) is 10.7. The first-order chi connectivity index (χ1) is 8.73. The highest BCUT2D eigenvalue weighted by atomic mass is 28.4. The molecule has 0 saturated carbocycles. The van der Waals surface area contributed by atoms with Crippen LogP contribution in [0.25, 0.3) is 0 Å². The van der Waals surface area contributed by atoms with Crippen LogP contribution in [-0.2, 0) is 8.91 Å². The minimum absolute atomic E-state index is 0.243. The highest BCUT2D eigenvalue weighted by Gasteiger charge is 2.34. The third kappa shape index (κ3) is 5.71. The Morgan fingerprint density at radius 2 is 1.74 bits per heavy atom. The zero-order chi connectivity index (χ0) is 14.5. The molecule has 0 aliphatic rings. The first kappa shape index (κ1) is 16.1. The number of hydrogen-bond acceptors (Lipinski definition) is 2. The zero-order valence-electron chi connectivity index (χ0n) is 12.3. The van der Waals surface area contributed by atoms with Crippen LogP contribution in [0.3, 0.4) is 0 Å². The molecule has 1 N–H and O–H groups in total. The van der Waals surface area contributed by atoms with Gasteiger partial charge in [-0.05, 0) is 43.8 Å². The highest BCUT2D eigenvalue weighted by molar-refractivity contribution is 6.92. The molecular formula is C14H24O3Si2. The lowest BCUT2D eigenvalue weighted by Gasteiger charge is -2.34. The number of carbonyl (C=O) groups is 1. The molecule has 0 atom stereocenters. The summed E-state index contributed by atoms with van der Waals surface area (Å²) in [7, 11) is -3.67. The second kappa shape index (κ2) is 6.50. The predicted octanol–water partition coefficient (Wildman–Crippen LogP) is 3.19. The zero-order valence-corrected chi connectivity index (χ0v) is 14.3. The van der Waals surface area contributed by atoms with E-state index in [1.54, 1.807) is 0 Å². The molecule has 106 valence electrons. The number of hydrogen-bond donors (Lipinski definition) is 1. The molecule has 1 aromatic rings. The van der Waals surface area contributed by atoms with Gasteiger partial charge in [-0.2, -0.15) is 0 Å². The summed E-state index contributed by atoms with van der Waals surface area (Å²) in [6.07, 6.45) is 0.959. The van der Waals surface area contributed by atoms with Gasteiger partial charge in [0.25, 0.3) is 0 Å². The molecule has 19 heavy (non-hydrogen) atoms. The topological polar surface area (TPSA) is 46.5 Å². The third-order valence-corrected chi connectivity index (χ3v) is 10.7. The standard InChI is InChI=1S/C14H24O3Si2/c1-18(2,12-8-11-14(15)16)17-19(3,4)13-9-6-5-7-10-13/h5-7,9-10H,8,11-12H2,1-4H3,(H,15,16). The summed E-state index contributed by atoms with van der Waals surface area (Å²) in [5.41, 5.74) is 0. The Hall–Kier alpha value is -0.916. The molecule has 0 aromatic heterocycles. The average molecular weight is 297 g/mol. The summed E-state index contributed by atoms with van der Waals surface area (Å²) in [4.78, 5) is 10.6. The van der Waals surface area contributed by atoms with Gasteiger partial charge in [0.2, 0.25) is 8.32 Å². The molecule has 0 radical (unpaired) electrons. The lowest BCUT2D eigenvalue weighted by atomic mass is 10.3. The fraction of sp³-hybridized carbons (Fsp3) is 0.500. The molecule has 0 fully saturated rings. The maximum Gasteiger partial charge on any atom is 0.303 e. The number of rotatable bonds is 7. The van der Waals surface area contributed by atoms with Crippen LogP contribution in [0.1, 0.15) is 12.8 Å². The van der Waals surface area contributed by atoms with Crippen LogP contribution in [0.15, 0.2) is 30.3 Å². The van der Waals surface area contributed by atoms with Crippen LogP contribution in [0.5, 0.6) is 0 Å². The number of benzene rings is 1. The van der Waals surface area contributed by atoms with E-state index in [1.807, 2.05) is 18.2 Å². The molecule has 0 aliphatic heterocycles. The van der Waals surface area contributed by atoms with Crippen molar-refractivity contribution in [3.05, 3.63) is 30.3 Å². The highest BCUT2D eigenvalue weighted by Crippen LogP contribution is 2.20. The second-order valence-corrected chi connectivity index (χ2v) is 14.4. The molecule has 1 rings (SSSR count). The van der Waals surface area contributed by atoms with Crippen molar-refractivity contribution >= 4 is 27.8 Å². The van der Waals surface area contributed by atoms with Gasteiger partial charge in [-0.3, -0.25) is 4.79 Å². The van der Waals surface area contributed by atoms with Crippen LogP contribution in [0.2, 0.25) is 32.2 Å². The van der Waals surface area contributed by atoms with Gasteiger partial charge >= 0.3 is 5.97 Å². The van der Waals surface area contributed by atoms with Gasteiger partial charge in [0.15, 0.2) is 8.32 Å². The molecule has 0 bridgehead atoms. The first-order valence-corrected chi connectivity index (χ1v) is 12.7. The van der Waals surface area contributed by atoms with Crippen molar-refractivity contribution in [3.63, 3.8) is 0 Å². The summed E-state index contributed by atoms with van der Waals surface area (Å²) >= 11 is 0. The van der Waals surface area contributed by atoms with Crippen molar-refractivity contribution in [1.29, 1.82) is 0 Å². The monoisotopic (exact) mass is 296 g/mol. The molecule has 1 aromatic carbocycles. The summed E-state index contributed by atoms with van der Waals surface area (Å²) in [5, 5.41) is 10.0.